The van der Waals surface area contributed by atoms with Crippen molar-refractivity contribution in [2.45, 2.75) is 6.92 Å². The van der Waals surface area contributed by atoms with Gasteiger partial charge in [-0.15, -0.1) is 0 Å². The van der Waals surface area contributed by atoms with Crippen LogP contribution in [0.1, 0.15) is 15.9 Å². The second kappa shape index (κ2) is 6.40. The zero-order valence-electron chi connectivity index (χ0n) is 14.1. The van der Waals surface area contributed by atoms with E-state index in [4.69, 9.17) is 19.9 Å². The Labute approximate surface area is 150 Å². The summed E-state index contributed by atoms with van der Waals surface area (Å²) in [4.78, 5) is 15.8. The Morgan fingerprint density at radius 1 is 1.04 bits per heavy atom. The van der Waals surface area contributed by atoms with Crippen molar-refractivity contribution < 1.29 is 19.0 Å². The molecule has 0 spiro atoms. The SMILES string of the molecule is Cc1cc(-c2cc(Oc3ccc4c(c3)OCO4)ccn2)ccc1C(N)=O. The van der Waals surface area contributed by atoms with Crippen molar-refractivity contribution in [2.24, 2.45) is 5.73 Å². The Morgan fingerprint density at radius 2 is 1.85 bits per heavy atom. The molecule has 2 aromatic carbocycles. The maximum absolute atomic E-state index is 11.4. The molecule has 6 nitrogen and oxygen atoms in total. The lowest BCUT2D eigenvalue weighted by molar-refractivity contribution is 0.0999. The summed E-state index contributed by atoms with van der Waals surface area (Å²) in [5, 5.41) is 0. The summed E-state index contributed by atoms with van der Waals surface area (Å²) < 4.78 is 16.6. The summed E-state index contributed by atoms with van der Waals surface area (Å²) >= 11 is 0. The number of aromatic nitrogens is 1. The Hall–Kier alpha value is -3.54. The number of benzene rings is 2. The number of primary amides is 1. The molecule has 1 aromatic heterocycles. The molecule has 26 heavy (non-hydrogen) atoms. The topological polar surface area (TPSA) is 83.7 Å². The average molecular weight is 348 g/mol. The zero-order chi connectivity index (χ0) is 18.1. The monoisotopic (exact) mass is 348 g/mol. The van der Waals surface area contributed by atoms with Crippen LogP contribution in [0.4, 0.5) is 0 Å². The van der Waals surface area contributed by atoms with Crippen molar-refractivity contribution in [3.05, 3.63) is 65.9 Å². The van der Waals surface area contributed by atoms with Crippen LogP contribution in [-0.2, 0) is 0 Å². The van der Waals surface area contributed by atoms with Gasteiger partial charge in [0.25, 0.3) is 0 Å². The van der Waals surface area contributed by atoms with Crippen molar-refractivity contribution in [1.82, 2.24) is 4.98 Å². The minimum absolute atomic E-state index is 0.221. The number of fused-ring (bicyclic) bond motifs is 1. The molecule has 130 valence electrons. The fourth-order valence-corrected chi connectivity index (χ4v) is 2.81. The Kier molecular flexibility index (Phi) is 3.93. The van der Waals surface area contributed by atoms with Crippen LogP contribution in [0.25, 0.3) is 11.3 Å². The van der Waals surface area contributed by atoms with Gasteiger partial charge < -0.3 is 19.9 Å². The zero-order valence-corrected chi connectivity index (χ0v) is 14.1. The molecule has 4 rings (SSSR count). The first-order chi connectivity index (χ1) is 12.6. The molecule has 0 radical (unpaired) electrons. The Bertz CT molecular complexity index is 1000. The molecule has 0 fully saturated rings. The van der Waals surface area contributed by atoms with Crippen molar-refractivity contribution in [1.29, 1.82) is 0 Å². The van der Waals surface area contributed by atoms with E-state index in [1.54, 1.807) is 24.4 Å². The molecule has 3 aromatic rings. The van der Waals surface area contributed by atoms with E-state index in [9.17, 15) is 4.79 Å². The third kappa shape index (κ3) is 3.04. The first-order valence-electron chi connectivity index (χ1n) is 8.04. The third-order valence-corrected chi connectivity index (χ3v) is 4.10. The number of ether oxygens (including phenoxy) is 3. The Balaban J connectivity index is 1.61. The number of carbonyl (C=O) groups excluding carboxylic acids is 1. The molecule has 0 aliphatic carbocycles. The molecule has 0 unspecified atom stereocenters. The largest absolute Gasteiger partial charge is 0.457 e. The molecular formula is C20H16N2O4. The maximum atomic E-state index is 11.4. The number of carbonyl (C=O) groups is 1. The van der Waals surface area contributed by atoms with E-state index in [1.807, 2.05) is 37.3 Å². The highest BCUT2D eigenvalue weighted by atomic mass is 16.7. The highest BCUT2D eigenvalue weighted by Crippen LogP contribution is 2.37. The Morgan fingerprint density at radius 3 is 2.65 bits per heavy atom. The van der Waals surface area contributed by atoms with Crippen LogP contribution in [0.5, 0.6) is 23.0 Å². The van der Waals surface area contributed by atoms with Crippen molar-refractivity contribution >= 4 is 5.91 Å². The van der Waals surface area contributed by atoms with Gasteiger partial charge in [-0.3, -0.25) is 9.78 Å². The summed E-state index contributed by atoms with van der Waals surface area (Å²) in [6, 6.07) is 14.4. The van der Waals surface area contributed by atoms with Gasteiger partial charge >= 0.3 is 0 Å². The lowest BCUT2D eigenvalue weighted by Gasteiger charge is -2.09. The van der Waals surface area contributed by atoms with Gasteiger partial charge in [0.1, 0.15) is 11.5 Å². The van der Waals surface area contributed by atoms with E-state index in [1.165, 1.54) is 0 Å². The van der Waals surface area contributed by atoms with Crippen molar-refractivity contribution in [3.8, 4) is 34.3 Å². The number of hydrogen-bond acceptors (Lipinski definition) is 5. The number of rotatable bonds is 4. The molecule has 2 heterocycles. The summed E-state index contributed by atoms with van der Waals surface area (Å²) in [6.45, 7) is 2.06. The van der Waals surface area contributed by atoms with Crippen LogP contribution in [0, 0.1) is 6.92 Å². The first kappa shape index (κ1) is 16.0. The van der Waals surface area contributed by atoms with Gasteiger partial charge in [-0.25, -0.2) is 0 Å². The van der Waals surface area contributed by atoms with Gasteiger partial charge in [0, 0.05) is 29.5 Å². The summed E-state index contributed by atoms with van der Waals surface area (Å²) in [6.07, 6.45) is 1.68. The number of hydrogen-bond donors (Lipinski definition) is 1. The molecule has 1 amide bonds. The lowest BCUT2D eigenvalue weighted by atomic mass is 10.0. The second-order valence-corrected chi connectivity index (χ2v) is 5.89. The standard InChI is InChI=1S/C20H16N2O4/c1-12-8-13(2-4-16(12)20(21)23)17-9-15(6-7-22-17)26-14-3-5-18-19(10-14)25-11-24-18/h2-10H,11H2,1H3,(H2,21,23). The van der Waals surface area contributed by atoms with E-state index >= 15 is 0 Å². The molecule has 6 heteroatoms. The summed E-state index contributed by atoms with van der Waals surface area (Å²) in [7, 11) is 0. The third-order valence-electron chi connectivity index (χ3n) is 4.10. The molecular weight excluding hydrogens is 332 g/mol. The molecule has 0 saturated heterocycles. The van der Waals surface area contributed by atoms with Crippen molar-refractivity contribution in [2.75, 3.05) is 6.79 Å². The van der Waals surface area contributed by atoms with Gasteiger partial charge in [0.2, 0.25) is 12.7 Å². The highest BCUT2D eigenvalue weighted by Gasteiger charge is 2.14. The number of pyridine rings is 1. The van der Waals surface area contributed by atoms with E-state index < -0.39 is 5.91 Å². The van der Waals surface area contributed by atoms with Gasteiger partial charge in [-0.1, -0.05) is 6.07 Å². The number of nitrogens with zero attached hydrogens (tertiary/aromatic N) is 1. The van der Waals surface area contributed by atoms with E-state index in [0.717, 1.165) is 16.8 Å². The molecule has 1 aliphatic heterocycles. The van der Waals surface area contributed by atoms with Crippen LogP contribution in [0.3, 0.4) is 0 Å². The van der Waals surface area contributed by atoms with Crippen LogP contribution in [0.15, 0.2) is 54.7 Å². The fraction of sp³-hybridized carbons (Fsp3) is 0.100. The fourth-order valence-electron chi connectivity index (χ4n) is 2.81. The van der Waals surface area contributed by atoms with Crippen LogP contribution in [-0.4, -0.2) is 17.7 Å². The molecule has 1 aliphatic rings. The highest BCUT2D eigenvalue weighted by molar-refractivity contribution is 5.94. The van der Waals surface area contributed by atoms with Gasteiger partial charge in [-0.05, 0) is 42.8 Å². The predicted octanol–water partition coefficient (Wildman–Crippen LogP) is 3.68. The van der Waals surface area contributed by atoms with Gasteiger partial charge in [0.15, 0.2) is 11.5 Å². The van der Waals surface area contributed by atoms with Gasteiger partial charge in [0.05, 0.1) is 5.69 Å². The number of aryl methyl sites for hydroxylation is 1. The summed E-state index contributed by atoms with van der Waals surface area (Å²) in [5.41, 5.74) is 8.28. The molecule has 0 saturated carbocycles. The van der Waals surface area contributed by atoms with E-state index in [2.05, 4.69) is 4.98 Å². The quantitative estimate of drug-likeness (QED) is 0.777. The maximum Gasteiger partial charge on any atom is 0.248 e. The van der Waals surface area contributed by atoms with E-state index in [0.29, 0.717) is 28.6 Å². The van der Waals surface area contributed by atoms with Crippen LogP contribution in [0.2, 0.25) is 0 Å². The average Bonchev–Trinajstić information content (AvgIpc) is 3.09. The molecule has 0 atom stereocenters. The second-order valence-electron chi connectivity index (χ2n) is 5.89. The number of amides is 1. The first-order valence-corrected chi connectivity index (χ1v) is 8.04. The van der Waals surface area contributed by atoms with Crippen molar-refractivity contribution in [3.63, 3.8) is 0 Å². The van der Waals surface area contributed by atoms with E-state index in [-0.39, 0.29) is 6.79 Å². The molecule has 0 bridgehead atoms. The minimum atomic E-state index is -0.443. The normalized spacial score (nSPS) is 12.0. The molecule has 2 N–H and O–H groups in total. The number of nitrogens with two attached hydrogens (primary N) is 1. The smallest absolute Gasteiger partial charge is 0.248 e. The van der Waals surface area contributed by atoms with Crippen LogP contribution < -0.4 is 19.9 Å². The van der Waals surface area contributed by atoms with Crippen LogP contribution >= 0.6 is 0 Å². The predicted molar refractivity (Wildman–Crippen MR) is 95.6 cm³/mol. The lowest BCUT2D eigenvalue weighted by Crippen LogP contribution is -2.12. The summed E-state index contributed by atoms with van der Waals surface area (Å²) in [5.74, 6) is 2.21. The van der Waals surface area contributed by atoms with Gasteiger partial charge in [-0.2, -0.15) is 0 Å². The minimum Gasteiger partial charge on any atom is -0.457 e.